The number of imidazole rings is 1. The van der Waals surface area contributed by atoms with Gasteiger partial charge in [-0.3, -0.25) is 9.59 Å². The Bertz CT molecular complexity index is 1130. The van der Waals surface area contributed by atoms with Crippen molar-refractivity contribution in [3.63, 3.8) is 0 Å². The van der Waals surface area contributed by atoms with E-state index in [0.717, 1.165) is 16.0 Å². The third-order valence-corrected chi connectivity index (χ3v) is 5.21. The van der Waals surface area contributed by atoms with Gasteiger partial charge in [-0.1, -0.05) is 30.3 Å². The summed E-state index contributed by atoms with van der Waals surface area (Å²) in [5.74, 6) is -0.390. The van der Waals surface area contributed by atoms with Gasteiger partial charge >= 0.3 is 0 Å². The highest BCUT2D eigenvalue weighted by Crippen LogP contribution is 2.21. The lowest BCUT2D eigenvalue weighted by Crippen LogP contribution is -2.29. The van der Waals surface area contributed by atoms with Crippen LogP contribution >= 0.6 is 11.3 Å². The third kappa shape index (κ3) is 4.10. The van der Waals surface area contributed by atoms with E-state index in [1.54, 1.807) is 24.7 Å². The van der Waals surface area contributed by atoms with Crippen LogP contribution in [0, 0.1) is 0 Å². The van der Waals surface area contributed by atoms with Gasteiger partial charge in [0.1, 0.15) is 5.56 Å². The number of nitrogens with one attached hydrogen (secondary N) is 2. The van der Waals surface area contributed by atoms with Gasteiger partial charge in [0, 0.05) is 25.5 Å². The second-order valence-electron chi connectivity index (χ2n) is 6.33. The summed E-state index contributed by atoms with van der Waals surface area (Å²) in [6.45, 7) is 1.06. The number of aromatic nitrogens is 3. The van der Waals surface area contributed by atoms with E-state index in [9.17, 15) is 9.59 Å². The van der Waals surface area contributed by atoms with E-state index in [0.29, 0.717) is 18.8 Å². The minimum absolute atomic E-state index is 0.106. The molecule has 0 atom stereocenters. The fourth-order valence-corrected chi connectivity index (χ4v) is 3.64. The standard InChI is InChI=1S/C21H18N4O2S/c26-20(17-6-7-18(24-21(17)27)19-5-2-10-28-19)23-12-15-3-1-4-16(11-15)13-25-9-8-22-14-25/h1-11,14H,12-13H2,(H,23,26)(H,24,27). The second-order valence-corrected chi connectivity index (χ2v) is 7.28. The first-order valence-corrected chi connectivity index (χ1v) is 9.66. The zero-order valence-electron chi connectivity index (χ0n) is 15.0. The van der Waals surface area contributed by atoms with E-state index in [-0.39, 0.29) is 11.5 Å². The third-order valence-electron chi connectivity index (χ3n) is 4.31. The van der Waals surface area contributed by atoms with Crippen molar-refractivity contribution in [3.05, 3.63) is 99.7 Å². The zero-order chi connectivity index (χ0) is 19.3. The number of pyridine rings is 1. The van der Waals surface area contributed by atoms with Crippen LogP contribution in [0.5, 0.6) is 0 Å². The van der Waals surface area contributed by atoms with Gasteiger partial charge in [-0.15, -0.1) is 11.3 Å². The maximum absolute atomic E-state index is 12.4. The molecule has 1 amide bonds. The molecule has 1 aromatic carbocycles. The van der Waals surface area contributed by atoms with E-state index < -0.39 is 5.56 Å². The summed E-state index contributed by atoms with van der Waals surface area (Å²) < 4.78 is 1.98. The SMILES string of the molecule is O=C(NCc1cccc(Cn2ccnc2)c1)c1ccc(-c2cccs2)[nH]c1=O. The maximum Gasteiger partial charge on any atom is 0.261 e. The Morgan fingerprint density at radius 3 is 2.79 bits per heavy atom. The van der Waals surface area contributed by atoms with Gasteiger partial charge in [-0.05, 0) is 34.7 Å². The van der Waals surface area contributed by atoms with Crippen LogP contribution in [0.4, 0.5) is 0 Å². The lowest BCUT2D eigenvalue weighted by Gasteiger charge is -2.08. The lowest BCUT2D eigenvalue weighted by atomic mass is 10.1. The first-order chi connectivity index (χ1) is 13.7. The quantitative estimate of drug-likeness (QED) is 0.530. The summed E-state index contributed by atoms with van der Waals surface area (Å²) in [5, 5.41) is 4.76. The fraction of sp³-hybridized carbons (Fsp3) is 0.0952. The Morgan fingerprint density at radius 1 is 1.14 bits per heavy atom. The van der Waals surface area contributed by atoms with Gasteiger partial charge in [0.15, 0.2) is 0 Å². The van der Waals surface area contributed by atoms with Gasteiger partial charge in [0.2, 0.25) is 0 Å². The summed E-state index contributed by atoms with van der Waals surface area (Å²) in [7, 11) is 0. The molecule has 0 saturated heterocycles. The summed E-state index contributed by atoms with van der Waals surface area (Å²) in [4.78, 5) is 32.5. The van der Waals surface area contributed by atoms with Gasteiger partial charge in [0.25, 0.3) is 11.5 Å². The van der Waals surface area contributed by atoms with Gasteiger partial charge in [-0.25, -0.2) is 4.98 Å². The molecular weight excluding hydrogens is 372 g/mol. The van der Waals surface area contributed by atoms with Crippen molar-refractivity contribution in [1.29, 1.82) is 0 Å². The summed E-state index contributed by atoms with van der Waals surface area (Å²) in [5.41, 5.74) is 2.51. The minimum atomic E-state index is -0.391. The topological polar surface area (TPSA) is 79.8 Å². The highest BCUT2D eigenvalue weighted by Gasteiger charge is 2.11. The second kappa shape index (κ2) is 8.06. The van der Waals surface area contributed by atoms with Crippen molar-refractivity contribution in [1.82, 2.24) is 19.9 Å². The number of H-pyrrole nitrogens is 1. The van der Waals surface area contributed by atoms with Crippen LogP contribution in [-0.4, -0.2) is 20.4 Å². The number of benzene rings is 1. The van der Waals surface area contributed by atoms with Crippen LogP contribution in [0.2, 0.25) is 0 Å². The van der Waals surface area contributed by atoms with Crippen molar-refractivity contribution >= 4 is 17.2 Å². The predicted octanol–water partition coefficient (Wildman–Crippen LogP) is 3.28. The normalized spacial score (nSPS) is 10.7. The average Bonchev–Trinajstić information content (AvgIpc) is 3.40. The molecule has 4 rings (SSSR count). The molecule has 4 aromatic rings. The molecule has 6 nitrogen and oxygen atoms in total. The predicted molar refractivity (Wildman–Crippen MR) is 109 cm³/mol. The number of amides is 1. The largest absolute Gasteiger partial charge is 0.348 e. The molecule has 0 unspecified atom stereocenters. The molecule has 0 bridgehead atoms. The lowest BCUT2D eigenvalue weighted by molar-refractivity contribution is 0.0949. The summed E-state index contributed by atoms with van der Waals surface area (Å²) in [6, 6.07) is 15.1. The molecule has 2 N–H and O–H groups in total. The van der Waals surface area contributed by atoms with E-state index in [1.165, 1.54) is 11.3 Å². The van der Waals surface area contributed by atoms with Gasteiger partial charge in [-0.2, -0.15) is 0 Å². The number of carbonyl (C=O) groups is 1. The Morgan fingerprint density at radius 2 is 2.04 bits per heavy atom. The fourth-order valence-electron chi connectivity index (χ4n) is 2.93. The minimum Gasteiger partial charge on any atom is -0.348 e. The van der Waals surface area contributed by atoms with Crippen LogP contribution in [0.15, 0.2) is 77.4 Å². The van der Waals surface area contributed by atoms with Crippen LogP contribution < -0.4 is 10.9 Å². The Kier molecular flexibility index (Phi) is 5.16. The van der Waals surface area contributed by atoms with Gasteiger partial charge in [0.05, 0.1) is 16.9 Å². The number of hydrogen-bond donors (Lipinski definition) is 2. The molecular formula is C21H18N4O2S. The van der Waals surface area contributed by atoms with Crippen LogP contribution in [-0.2, 0) is 13.1 Å². The summed E-state index contributed by atoms with van der Waals surface area (Å²) >= 11 is 1.53. The number of thiophene rings is 1. The molecule has 0 aliphatic heterocycles. The molecule has 0 saturated carbocycles. The van der Waals surface area contributed by atoms with E-state index in [1.807, 2.05) is 52.5 Å². The molecule has 140 valence electrons. The van der Waals surface area contributed by atoms with Crippen LogP contribution in [0.25, 0.3) is 10.6 Å². The molecule has 7 heteroatoms. The average molecular weight is 390 g/mol. The smallest absolute Gasteiger partial charge is 0.261 e. The van der Waals surface area contributed by atoms with Crippen LogP contribution in [0.3, 0.4) is 0 Å². The first-order valence-electron chi connectivity index (χ1n) is 8.78. The highest BCUT2D eigenvalue weighted by atomic mass is 32.1. The molecule has 3 heterocycles. The van der Waals surface area contributed by atoms with E-state index >= 15 is 0 Å². The van der Waals surface area contributed by atoms with Crippen molar-refractivity contribution in [2.24, 2.45) is 0 Å². The highest BCUT2D eigenvalue weighted by molar-refractivity contribution is 7.13. The number of rotatable bonds is 6. The van der Waals surface area contributed by atoms with Gasteiger partial charge < -0.3 is 14.9 Å². The van der Waals surface area contributed by atoms with Crippen molar-refractivity contribution in [2.45, 2.75) is 13.1 Å². The van der Waals surface area contributed by atoms with Crippen LogP contribution in [0.1, 0.15) is 21.5 Å². The Labute approximate surface area is 165 Å². The van der Waals surface area contributed by atoms with Crippen molar-refractivity contribution in [3.8, 4) is 10.6 Å². The van der Waals surface area contributed by atoms with Crippen molar-refractivity contribution < 1.29 is 4.79 Å². The molecule has 0 spiro atoms. The molecule has 0 aliphatic carbocycles. The molecule has 28 heavy (non-hydrogen) atoms. The Balaban J connectivity index is 1.42. The zero-order valence-corrected chi connectivity index (χ0v) is 15.8. The number of nitrogens with zero attached hydrogens (tertiary/aromatic N) is 2. The monoisotopic (exact) mass is 390 g/mol. The molecule has 3 aromatic heterocycles. The Hall–Kier alpha value is -3.45. The van der Waals surface area contributed by atoms with E-state index in [4.69, 9.17) is 0 Å². The molecule has 0 aliphatic rings. The van der Waals surface area contributed by atoms with E-state index in [2.05, 4.69) is 15.3 Å². The number of aromatic amines is 1. The molecule has 0 fully saturated rings. The first kappa shape index (κ1) is 17.9. The van der Waals surface area contributed by atoms with Crippen molar-refractivity contribution in [2.75, 3.05) is 0 Å². The number of carbonyl (C=O) groups excluding carboxylic acids is 1. The maximum atomic E-state index is 12.4. The summed E-state index contributed by atoms with van der Waals surface area (Å²) in [6.07, 6.45) is 5.41. The molecule has 0 radical (unpaired) electrons. The number of hydrogen-bond acceptors (Lipinski definition) is 4.